The van der Waals surface area contributed by atoms with E-state index in [-0.39, 0.29) is 6.10 Å². The zero-order chi connectivity index (χ0) is 9.14. The van der Waals surface area contributed by atoms with E-state index in [2.05, 4.69) is 20.8 Å². The lowest BCUT2D eigenvalue weighted by Crippen LogP contribution is -2.01. The van der Waals surface area contributed by atoms with Crippen LogP contribution < -0.4 is 0 Å². The molecule has 70 valence electrons. The largest absolute Gasteiger partial charge is 0.389 e. The van der Waals surface area contributed by atoms with Crippen LogP contribution in [-0.2, 0) is 0 Å². The van der Waals surface area contributed by atoms with Crippen molar-refractivity contribution in [2.45, 2.75) is 46.1 Å². The molecule has 1 aliphatic rings. The Morgan fingerprint density at radius 3 is 2.58 bits per heavy atom. The predicted molar refractivity (Wildman–Crippen MR) is 51.9 cm³/mol. The van der Waals surface area contributed by atoms with Crippen molar-refractivity contribution < 1.29 is 5.11 Å². The summed E-state index contributed by atoms with van der Waals surface area (Å²) in [6.07, 6.45) is 5.19. The molecule has 0 amide bonds. The highest BCUT2D eigenvalue weighted by molar-refractivity contribution is 5.14. The van der Waals surface area contributed by atoms with E-state index >= 15 is 0 Å². The van der Waals surface area contributed by atoms with Gasteiger partial charge < -0.3 is 5.11 Å². The molecule has 12 heavy (non-hydrogen) atoms. The Bertz CT molecular complexity index is 170. The summed E-state index contributed by atoms with van der Waals surface area (Å²) in [5.41, 5.74) is 1.47. The highest BCUT2D eigenvalue weighted by Gasteiger charge is 2.18. The first kappa shape index (κ1) is 9.79. The summed E-state index contributed by atoms with van der Waals surface area (Å²) in [6.45, 7) is 6.77. The first-order valence-corrected chi connectivity index (χ1v) is 4.98. The van der Waals surface area contributed by atoms with Crippen LogP contribution >= 0.6 is 0 Å². The van der Waals surface area contributed by atoms with Crippen molar-refractivity contribution in [3.63, 3.8) is 0 Å². The van der Waals surface area contributed by atoms with E-state index in [1.807, 2.05) is 6.08 Å². The molecule has 0 aliphatic heterocycles. The number of aliphatic hydroxyl groups is 1. The fourth-order valence-electron chi connectivity index (χ4n) is 2.00. The van der Waals surface area contributed by atoms with Gasteiger partial charge >= 0.3 is 0 Å². The van der Waals surface area contributed by atoms with Crippen LogP contribution in [0.2, 0.25) is 0 Å². The lowest BCUT2D eigenvalue weighted by molar-refractivity contribution is 0.223. The lowest BCUT2D eigenvalue weighted by atomic mass is 9.91. The molecule has 2 unspecified atom stereocenters. The topological polar surface area (TPSA) is 20.2 Å². The first-order valence-electron chi connectivity index (χ1n) is 4.98. The van der Waals surface area contributed by atoms with Gasteiger partial charge in [-0.2, -0.15) is 0 Å². The van der Waals surface area contributed by atoms with E-state index in [0.29, 0.717) is 5.92 Å². The molecule has 0 radical (unpaired) electrons. The molecule has 1 rings (SSSR count). The molecule has 0 saturated heterocycles. The van der Waals surface area contributed by atoms with E-state index in [1.165, 1.54) is 12.0 Å². The molecule has 0 heterocycles. The van der Waals surface area contributed by atoms with Gasteiger partial charge in [0, 0.05) is 0 Å². The Morgan fingerprint density at radius 1 is 1.50 bits per heavy atom. The van der Waals surface area contributed by atoms with Gasteiger partial charge in [0.25, 0.3) is 0 Å². The van der Waals surface area contributed by atoms with Gasteiger partial charge in [-0.3, -0.25) is 0 Å². The monoisotopic (exact) mass is 168 g/mol. The molecular weight excluding hydrogens is 148 g/mol. The normalized spacial score (nSPS) is 26.1. The minimum atomic E-state index is -0.158. The van der Waals surface area contributed by atoms with Crippen LogP contribution in [0.4, 0.5) is 0 Å². The molecule has 0 bridgehead atoms. The smallest absolute Gasteiger partial charge is 0.0726 e. The average Bonchev–Trinajstić information content (AvgIpc) is 2.34. The minimum Gasteiger partial charge on any atom is -0.389 e. The number of allylic oxidation sites excluding steroid dienone is 1. The van der Waals surface area contributed by atoms with E-state index in [4.69, 9.17) is 0 Å². The maximum absolute atomic E-state index is 9.31. The van der Waals surface area contributed by atoms with Crippen LogP contribution in [0, 0.1) is 11.8 Å². The summed E-state index contributed by atoms with van der Waals surface area (Å²) in [6, 6.07) is 0. The SMILES string of the molecule is CC(C)CC(C)C1=CC(O)CC1. The Labute approximate surface area is 75.5 Å². The van der Waals surface area contributed by atoms with E-state index in [9.17, 15) is 5.11 Å². The standard InChI is InChI=1S/C11H20O/c1-8(2)6-9(3)10-4-5-11(12)7-10/h7-9,11-12H,4-6H2,1-3H3. The molecule has 2 atom stereocenters. The van der Waals surface area contributed by atoms with Crippen molar-refractivity contribution in [2.75, 3.05) is 0 Å². The Kier molecular flexibility index (Phi) is 3.33. The van der Waals surface area contributed by atoms with Crippen molar-refractivity contribution in [1.29, 1.82) is 0 Å². The third-order valence-electron chi connectivity index (χ3n) is 2.59. The Hall–Kier alpha value is -0.300. The molecule has 1 nitrogen and oxygen atoms in total. The molecule has 1 heteroatoms. The van der Waals surface area contributed by atoms with Crippen LogP contribution in [0.3, 0.4) is 0 Å². The van der Waals surface area contributed by atoms with Crippen LogP contribution in [0.15, 0.2) is 11.6 Å². The summed E-state index contributed by atoms with van der Waals surface area (Å²) in [5.74, 6) is 1.43. The van der Waals surface area contributed by atoms with Gasteiger partial charge in [0.15, 0.2) is 0 Å². The summed E-state index contributed by atoms with van der Waals surface area (Å²) in [7, 11) is 0. The number of hydrogen-bond donors (Lipinski definition) is 1. The zero-order valence-electron chi connectivity index (χ0n) is 8.38. The second-order valence-electron chi connectivity index (χ2n) is 4.38. The van der Waals surface area contributed by atoms with E-state index in [0.717, 1.165) is 18.8 Å². The van der Waals surface area contributed by atoms with E-state index in [1.54, 1.807) is 0 Å². The average molecular weight is 168 g/mol. The molecule has 0 saturated carbocycles. The summed E-state index contributed by atoms with van der Waals surface area (Å²) < 4.78 is 0. The first-order chi connectivity index (χ1) is 5.59. The zero-order valence-corrected chi connectivity index (χ0v) is 8.38. The van der Waals surface area contributed by atoms with Crippen LogP contribution in [0.25, 0.3) is 0 Å². The maximum atomic E-state index is 9.31. The fourth-order valence-corrected chi connectivity index (χ4v) is 2.00. The molecule has 0 aromatic heterocycles. The van der Waals surface area contributed by atoms with Gasteiger partial charge in [0.2, 0.25) is 0 Å². The highest BCUT2D eigenvalue weighted by Crippen LogP contribution is 2.29. The minimum absolute atomic E-state index is 0.158. The second-order valence-corrected chi connectivity index (χ2v) is 4.38. The molecule has 0 fully saturated rings. The summed E-state index contributed by atoms with van der Waals surface area (Å²) in [4.78, 5) is 0. The molecule has 0 aromatic carbocycles. The highest BCUT2D eigenvalue weighted by atomic mass is 16.3. The van der Waals surface area contributed by atoms with Crippen LogP contribution in [0.1, 0.15) is 40.0 Å². The van der Waals surface area contributed by atoms with Crippen molar-refractivity contribution in [3.8, 4) is 0 Å². The van der Waals surface area contributed by atoms with Crippen molar-refractivity contribution in [1.82, 2.24) is 0 Å². The molecular formula is C11H20O. The lowest BCUT2D eigenvalue weighted by Gasteiger charge is -2.14. The number of hydrogen-bond acceptors (Lipinski definition) is 1. The maximum Gasteiger partial charge on any atom is 0.0726 e. The van der Waals surface area contributed by atoms with Crippen molar-refractivity contribution in [2.24, 2.45) is 11.8 Å². The van der Waals surface area contributed by atoms with Gasteiger partial charge in [0.1, 0.15) is 0 Å². The summed E-state index contributed by atoms with van der Waals surface area (Å²) in [5, 5.41) is 9.31. The molecule has 1 N–H and O–H groups in total. The summed E-state index contributed by atoms with van der Waals surface area (Å²) >= 11 is 0. The van der Waals surface area contributed by atoms with Gasteiger partial charge in [0.05, 0.1) is 6.10 Å². The van der Waals surface area contributed by atoms with Gasteiger partial charge in [-0.05, 0) is 31.1 Å². The fraction of sp³-hybridized carbons (Fsp3) is 0.818. The number of aliphatic hydroxyl groups excluding tert-OH is 1. The van der Waals surface area contributed by atoms with Crippen LogP contribution in [0.5, 0.6) is 0 Å². The Morgan fingerprint density at radius 2 is 2.17 bits per heavy atom. The molecule has 0 aromatic rings. The third kappa shape index (κ3) is 2.63. The van der Waals surface area contributed by atoms with Gasteiger partial charge in [-0.1, -0.05) is 32.4 Å². The van der Waals surface area contributed by atoms with Crippen molar-refractivity contribution in [3.05, 3.63) is 11.6 Å². The quantitative estimate of drug-likeness (QED) is 0.642. The number of rotatable bonds is 3. The van der Waals surface area contributed by atoms with Crippen molar-refractivity contribution >= 4 is 0 Å². The van der Waals surface area contributed by atoms with Gasteiger partial charge in [-0.25, -0.2) is 0 Å². The second kappa shape index (κ2) is 4.08. The van der Waals surface area contributed by atoms with Gasteiger partial charge in [-0.15, -0.1) is 0 Å². The third-order valence-corrected chi connectivity index (χ3v) is 2.59. The molecule has 0 spiro atoms. The Balaban J connectivity index is 2.42. The van der Waals surface area contributed by atoms with E-state index < -0.39 is 0 Å². The molecule has 1 aliphatic carbocycles. The predicted octanol–water partition coefficient (Wildman–Crippen LogP) is 2.75. The van der Waals surface area contributed by atoms with Crippen LogP contribution in [-0.4, -0.2) is 11.2 Å².